The fraction of sp³-hybridized carbons (Fsp3) is 0.154. The maximum Gasteiger partial charge on any atom is 0.226 e. The summed E-state index contributed by atoms with van der Waals surface area (Å²) in [6.45, 7) is 0. The normalized spacial score (nSPS) is 18.1. The molecule has 0 bridgehead atoms. The van der Waals surface area contributed by atoms with E-state index < -0.39 is 12.1 Å². The first-order valence-electron chi connectivity index (χ1n) is 10.9. The molecule has 0 radical (unpaired) electrons. The SMILES string of the molecule is COc1ccc([C@@H]2Oc3ccc(Cl)cc3C3=C2[C@H](c2ccc(F)cc2)n2ncnc2N3)cc1OC. The Kier molecular flexibility index (Phi) is 5.11. The summed E-state index contributed by atoms with van der Waals surface area (Å²) in [6, 6.07) is 17.2. The van der Waals surface area contributed by atoms with Gasteiger partial charge >= 0.3 is 0 Å². The third-order valence-corrected chi connectivity index (χ3v) is 6.51. The highest BCUT2D eigenvalue weighted by Crippen LogP contribution is 2.51. The van der Waals surface area contributed by atoms with E-state index >= 15 is 0 Å². The van der Waals surface area contributed by atoms with Crippen molar-refractivity contribution in [2.75, 3.05) is 19.5 Å². The Morgan fingerprint density at radius 1 is 0.971 bits per heavy atom. The molecule has 7 nitrogen and oxygen atoms in total. The van der Waals surface area contributed by atoms with Gasteiger partial charge in [0.25, 0.3) is 0 Å². The van der Waals surface area contributed by atoms with Gasteiger partial charge in [0.15, 0.2) is 11.5 Å². The molecule has 4 aromatic rings. The largest absolute Gasteiger partial charge is 0.493 e. The molecular formula is C26H20ClFN4O3. The number of anilines is 1. The van der Waals surface area contributed by atoms with Crippen LogP contribution in [0.25, 0.3) is 5.70 Å². The van der Waals surface area contributed by atoms with Gasteiger partial charge < -0.3 is 19.5 Å². The van der Waals surface area contributed by atoms with Gasteiger partial charge in [0.05, 0.1) is 19.9 Å². The van der Waals surface area contributed by atoms with Gasteiger partial charge in [-0.05, 0) is 48.0 Å². The van der Waals surface area contributed by atoms with Crippen molar-refractivity contribution < 1.29 is 18.6 Å². The van der Waals surface area contributed by atoms with Crippen LogP contribution >= 0.6 is 11.6 Å². The van der Waals surface area contributed by atoms with Crippen LogP contribution in [0.4, 0.5) is 10.3 Å². The summed E-state index contributed by atoms with van der Waals surface area (Å²) in [7, 11) is 3.19. The zero-order valence-corrected chi connectivity index (χ0v) is 19.6. The number of fused-ring (bicyclic) bond motifs is 3. The molecule has 2 aliphatic heterocycles. The number of aromatic nitrogens is 3. The molecule has 3 aromatic carbocycles. The number of hydrogen-bond acceptors (Lipinski definition) is 6. The van der Waals surface area contributed by atoms with Crippen LogP contribution in [0, 0.1) is 5.82 Å². The highest BCUT2D eigenvalue weighted by Gasteiger charge is 2.41. The minimum Gasteiger partial charge on any atom is -0.493 e. The monoisotopic (exact) mass is 490 g/mol. The summed E-state index contributed by atoms with van der Waals surface area (Å²) in [5.41, 5.74) is 4.21. The van der Waals surface area contributed by atoms with Crippen LogP contribution in [-0.2, 0) is 0 Å². The van der Waals surface area contributed by atoms with Crippen LogP contribution < -0.4 is 19.5 Å². The van der Waals surface area contributed by atoms with Gasteiger partial charge in [-0.15, -0.1) is 0 Å². The molecule has 176 valence electrons. The molecule has 0 aliphatic carbocycles. The number of methoxy groups -OCH3 is 2. The molecule has 0 amide bonds. The molecule has 0 unspecified atom stereocenters. The number of ether oxygens (including phenoxy) is 3. The van der Waals surface area contributed by atoms with Gasteiger partial charge in [0.1, 0.15) is 30.0 Å². The van der Waals surface area contributed by atoms with Crippen molar-refractivity contribution in [2.45, 2.75) is 12.1 Å². The fourth-order valence-electron chi connectivity index (χ4n) is 4.70. The van der Waals surface area contributed by atoms with Crippen molar-refractivity contribution in [3.05, 3.63) is 100 Å². The lowest BCUT2D eigenvalue weighted by Crippen LogP contribution is -2.32. The first-order chi connectivity index (χ1) is 17.1. The van der Waals surface area contributed by atoms with E-state index in [4.69, 9.17) is 25.8 Å². The number of rotatable bonds is 4. The van der Waals surface area contributed by atoms with Crippen molar-refractivity contribution >= 4 is 23.2 Å². The number of hydrogen-bond donors (Lipinski definition) is 1. The van der Waals surface area contributed by atoms with Gasteiger partial charge in [-0.1, -0.05) is 29.8 Å². The lowest BCUT2D eigenvalue weighted by molar-refractivity contribution is 0.222. The molecule has 1 N–H and O–H groups in total. The maximum atomic E-state index is 13.8. The van der Waals surface area contributed by atoms with Crippen LogP contribution in [0.1, 0.15) is 28.8 Å². The fourth-order valence-corrected chi connectivity index (χ4v) is 4.87. The quantitative estimate of drug-likeness (QED) is 0.399. The number of nitrogens with zero attached hydrogens (tertiary/aromatic N) is 3. The van der Waals surface area contributed by atoms with Gasteiger partial charge in [0, 0.05) is 21.7 Å². The first kappa shape index (κ1) is 21.5. The van der Waals surface area contributed by atoms with Crippen molar-refractivity contribution in [1.82, 2.24) is 14.8 Å². The molecule has 0 saturated carbocycles. The Bertz CT molecular complexity index is 1470. The van der Waals surface area contributed by atoms with Crippen LogP contribution in [0.2, 0.25) is 5.02 Å². The average Bonchev–Trinajstić information content (AvgIpc) is 3.35. The Morgan fingerprint density at radius 2 is 1.74 bits per heavy atom. The highest BCUT2D eigenvalue weighted by molar-refractivity contribution is 6.30. The van der Waals surface area contributed by atoms with E-state index in [0.717, 1.165) is 28.0 Å². The first-order valence-corrected chi connectivity index (χ1v) is 11.3. The molecule has 0 spiro atoms. The third kappa shape index (κ3) is 3.49. The summed E-state index contributed by atoms with van der Waals surface area (Å²) in [6.07, 6.45) is 0.973. The van der Waals surface area contributed by atoms with Crippen LogP contribution in [0.3, 0.4) is 0 Å². The number of halogens is 2. The average molecular weight is 491 g/mol. The summed E-state index contributed by atoms with van der Waals surface area (Å²) < 4.78 is 33.2. The summed E-state index contributed by atoms with van der Waals surface area (Å²) in [4.78, 5) is 4.41. The second kappa shape index (κ2) is 8.32. The Hall–Kier alpha value is -4.04. The van der Waals surface area contributed by atoms with Gasteiger partial charge in [-0.2, -0.15) is 10.1 Å². The second-order valence-electron chi connectivity index (χ2n) is 8.19. The van der Waals surface area contributed by atoms with Crippen LogP contribution in [0.5, 0.6) is 17.2 Å². The molecule has 2 aliphatic rings. The van der Waals surface area contributed by atoms with Gasteiger partial charge in [-0.3, -0.25) is 0 Å². The molecule has 0 saturated heterocycles. The molecule has 2 atom stereocenters. The molecule has 9 heteroatoms. The molecule has 35 heavy (non-hydrogen) atoms. The van der Waals surface area contributed by atoms with E-state index in [-0.39, 0.29) is 5.82 Å². The number of benzene rings is 3. The topological polar surface area (TPSA) is 70.4 Å². The molecule has 1 aromatic heterocycles. The Balaban J connectivity index is 1.61. The third-order valence-electron chi connectivity index (χ3n) is 6.27. The van der Waals surface area contributed by atoms with Crippen molar-refractivity contribution in [3.8, 4) is 17.2 Å². The highest BCUT2D eigenvalue weighted by atomic mass is 35.5. The second-order valence-corrected chi connectivity index (χ2v) is 8.63. The minimum atomic E-state index is -0.515. The maximum absolute atomic E-state index is 13.8. The standard InChI is InChI=1S/C26H20ClFN4O3/c1-33-20-9-5-15(11-21(20)34-2)25-22-23(18-12-16(27)6-10-19(18)35-25)31-26-29-13-30-32(26)24(22)14-3-7-17(28)8-4-14/h3-13,24-25H,1-2H3,(H,29,30,31)/t24-,25-/m0/s1. The lowest BCUT2D eigenvalue weighted by Gasteiger charge is -2.39. The molecule has 6 rings (SSSR count). The predicted octanol–water partition coefficient (Wildman–Crippen LogP) is 5.65. The lowest BCUT2D eigenvalue weighted by atomic mass is 9.84. The van der Waals surface area contributed by atoms with E-state index in [9.17, 15) is 4.39 Å². The molecular weight excluding hydrogens is 471 g/mol. The zero-order chi connectivity index (χ0) is 24.1. The van der Waals surface area contributed by atoms with Crippen molar-refractivity contribution in [3.63, 3.8) is 0 Å². The summed E-state index contributed by atoms with van der Waals surface area (Å²) >= 11 is 6.37. The summed E-state index contributed by atoms with van der Waals surface area (Å²) in [5, 5.41) is 8.48. The van der Waals surface area contributed by atoms with Crippen molar-refractivity contribution in [2.24, 2.45) is 0 Å². The Labute approximate surface area is 205 Å². The van der Waals surface area contributed by atoms with Crippen molar-refractivity contribution in [1.29, 1.82) is 0 Å². The van der Waals surface area contributed by atoms with E-state index in [1.165, 1.54) is 18.5 Å². The molecule has 3 heterocycles. The number of nitrogens with one attached hydrogen (secondary N) is 1. The summed E-state index contributed by atoms with van der Waals surface area (Å²) in [5.74, 6) is 2.12. The Morgan fingerprint density at radius 3 is 2.51 bits per heavy atom. The molecule has 0 fully saturated rings. The van der Waals surface area contributed by atoms with E-state index in [1.807, 2.05) is 30.3 Å². The van der Waals surface area contributed by atoms with E-state index in [0.29, 0.717) is 28.2 Å². The van der Waals surface area contributed by atoms with Crippen LogP contribution in [0.15, 0.2) is 72.6 Å². The zero-order valence-electron chi connectivity index (χ0n) is 18.8. The van der Waals surface area contributed by atoms with E-state index in [2.05, 4.69) is 15.4 Å². The van der Waals surface area contributed by atoms with Gasteiger partial charge in [-0.25, -0.2) is 9.07 Å². The van der Waals surface area contributed by atoms with Gasteiger partial charge in [0.2, 0.25) is 5.95 Å². The van der Waals surface area contributed by atoms with Crippen LogP contribution in [-0.4, -0.2) is 29.0 Å². The smallest absolute Gasteiger partial charge is 0.226 e. The van der Waals surface area contributed by atoms with E-state index in [1.54, 1.807) is 37.1 Å². The predicted molar refractivity (Wildman–Crippen MR) is 129 cm³/mol. The minimum absolute atomic E-state index is 0.316.